The monoisotopic (exact) mass is 289 g/mol. The van der Waals surface area contributed by atoms with Crippen LogP contribution in [0.2, 0.25) is 0 Å². The van der Waals surface area contributed by atoms with E-state index in [2.05, 4.69) is 11.9 Å². The Morgan fingerprint density at radius 3 is 2.52 bits per heavy atom. The molecule has 0 atom stereocenters. The maximum atomic E-state index is 12.2. The standard InChI is InChI=1S/C17H27N3O/c1-19-11-9-15(10-12-19)13-20(2)17(21)8-5-14-3-6-16(18)7-4-14/h3-4,6-7,15H,5,8-13,18H2,1-2H3. The van der Waals surface area contributed by atoms with Crippen LogP contribution in [0, 0.1) is 5.92 Å². The van der Waals surface area contributed by atoms with Gasteiger partial charge in [-0.1, -0.05) is 12.1 Å². The van der Waals surface area contributed by atoms with E-state index in [4.69, 9.17) is 5.73 Å². The van der Waals surface area contributed by atoms with Gasteiger partial charge in [-0.15, -0.1) is 0 Å². The molecular formula is C17H27N3O. The van der Waals surface area contributed by atoms with Crippen LogP contribution in [0.5, 0.6) is 0 Å². The Hall–Kier alpha value is -1.55. The van der Waals surface area contributed by atoms with Gasteiger partial charge in [-0.05, 0) is 63.0 Å². The van der Waals surface area contributed by atoms with Gasteiger partial charge in [0.1, 0.15) is 0 Å². The largest absolute Gasteiger partial charge is 0.399 e. The van der Waals surface area contributed by atoms with Crippen LogP contribution >= 0.6 is 0 Å². The smallest absolute Gasteiger partial charge is 0.222 e. The highest BCUT2D eigenvalue weighted by molar-refractivity contribution is 5.76. The van der Waals surface area contributed by atoms with Crippen LogP contribution in [0.25, 0.3) is 0 Å². The number of nitrogens with zero attached hydrogens (tertiary/aromatic N) is 2. The third kappa shape index (κ3) is 5.05. The predicted molar refractivity (Wildman–Crippen MR) is 87.0 cm³/mol. The number of nitrogens with two attached hydrogens (primary N) is 1. The average Bonchev–Trinajstić information content (AvgIpc) is 2.48. The number of benzene rings is 1. The zero-order valence-electron chi connectivity index (χ0n) is 13.2. The number of piperidine rings is 1. The number of carbonyl (C=O) groups excluding carboxylic acids is 1. The summed E-state index contributed by atoms with van der Waals surface area (Å²) >= 11 is 0. The van der Waals surface area contributed by atoms with Crippen molar-refractivity contribution in [3.05, 3.63) is 29.8 Å². The molecule has 1 aliphatic heterocycles. The minimum Gasteiger partial charge on any atom is -0.399 e. The van der Waals surface area contributed by atoms with Gasteiger partial charge in [-0.25, -0.2) is 0 Å². The molecule has 0 aromatic heterocycles. The summed E-state index contributed by atoms with van der Waals surface area (Å²) in [4.78, 5) is 16.5. The maximum absolute atomic E-state index is 12.2. The van der Waals surface area contributed by atoms with Gasteiger partial charge in [-0.2, -0.15) is 0 Å². The van der Waals surface area contributed by atoms with E-state index in [1.807, 2.05) is 36.2 Å². The molecule has 2 rings (SSSR count). The topological polar surface area (TPSA) is 49.6 Å². The Kier molecular flexibility index (Phi) is 5.62. The number of aryl methyl sites for hydroxylation is 1. The van der Waals surface area contributed by atoms with E-state index in [0.29, 0.717) is 12.3 Å². The molecule has 1 saturated heterocycles. The van der Waals surface area contributed by atoms with E-state index in [1.54, 1.807) is 0 Å². The van der Waals surface area contributed by atoms with Crippen LogP contribution in [0.15, 0.2) is 24.3 Å². The van der Waals surface area contributed by atoms with E-state index in [0.717, 1.165) is 31.7 Å². The second-order valence-corrected chi connectivity index (χ2v) is 6.26. The molecule has 0 aliphatic carbocycles. The third-order valence-corrected chi connectivity index (χ3v) is 4.40. The Balaban J connectivity index is 1.73. The minimum atomic E-state index is 0.241. The normalized spacial score (nSPS) is 16.9. The highest BCUT2D eigenvalue weighted by atomic mass is 16.2. The summed E-state index contributed by atoms with van der Waals surface area (Å²) in [6.07, 6.45) is 3.77. The lowest BCUT2D eigenvalue weighted by Crippen LogP contribution is -2.38. The van der Waals surface area contributed by atoms with Crippen LogP contribution in [-0.4, -0.2) is 49.4 Å². The summed E-state index contributed by atoms with van der Waals surface area (Å²) in [5, 5.41) is 0. The van der Waals surface area contributed by atoms with Gasteiger partial charge in [0.15, 0.2) is 0 Å². The molecule has 4 nitrogen and oxygen atoms in total. The van der Waals surface area contributed by atoms with Crippen LogP contribution < -0.4 is 5.73 Å². The van der Waals surface area contributed by atoms with Gasteiger partial charge in [0.25, 0.3) is 0 Å². The van der Waals surface area contributed by atoms with Crippen molar-refractivity contribution >= 4 is 11.6 Å². The van der Waals surface area contributed by atoms with Crippen LogP contribution in [0.1, 0.15) is 24.8 Å². The molecule has 1 heterocycles. The maximum Gasteiger partial charge on any atom is 0.222 e. The zero-order chi connectivity index (χ0) is 15.2. The van der Waals surface area contributed by atoms with Crippen molar-refractivity contribution in [2.24, 2.45) is 5.92 Å². The van der Waals surface area contributed by atoms with Crippen LogP contribution in [-0.2, 0) is 11.2 Å². The molecule has 1 fully saturated rings. The first-order valence-electron chi connectivity index (χ1n) is 7.81. The Labute approximate surface area is 127 Å². The summed E-state index contributed by atoms with van der Waals surface area (Å²) in [7, 11) is 4.10. The van der Waals surface area contributed by atoms with Crippen molar-refractivity contribution in [1.29, 1.82) is 0 Å². The molecule has 0 radical (unpaired) electrons. The lowest BCUT2D eigenvalue weighted by molar-refractivity contribution is -0.130. The van der Waals surface area contributed by atoms with Gasteiger partial charge in [0, 0.05) is 25.7 Å². The fourth-order valence-corrected chi connectivity index (χ4v) is 2.86. The second-order valence-electron chi connectivity index (χ2n) is 6.26. The van der Waals surface area contributed by atoms with E-state index in [-0.39, 0.29) is 5.91 Å². The number of anilines is 1. The number of nitrogen functional groups attached to an aromatic ring is 1. The first-order valence-corrected chi connectivity index (χ1v) is 7.81. The molecule has 2 N–H and O–H groups in total. The summed E-state index contributed by atoms with van der Waals surface area (Å²) in [5.74, 6) is 0.900. The lowest BCUT2D eigenvalue weighted by atomic mass is 9.96. The SMILES string of the molecule is CN1CCC(CN(C)C(=O)CCc2ccc(N)cc2)CC1. The fourth-order valence-electron chi connectivity index (χ4n) is 2.86. The van der Waals surface area contributed by atoms with Crippen molar-refractivity contribution in [3.63, 3.8) is 0 Å². The molecule has 116 valence electrons. The highest BCUT2D eigenvalue weighted by Crippen LogP contribution is 2.17. The predicted octanol–water partition coefficient (Wildman–Crippen LogP) is 2.00. The fraction of sp³-hybridized carbons (Fsp3) is 0.588. The third-order valence-electron chi connectivity index (χ3n) is 4.40. The van der Waals surface area contributed by atoms with Crippen molar-refractivity contribution in [2.75, 3.05) is 39.5 Å². The van der Waals surface area contributed by atoms with Crippen LogP contribution in [0.3, 0.4) is 0 Å². The highest BCUT2D eigenvalue weighted by Gasteiger charge is 2.20. The molecule has 21 heavy (non-hydrogen) atoms. The van der Waals surface area contributed by atoms with Gasteiger partial charge in [0.05, 0.1) is 0 Å². The van der Waals surface area contributed by atoms with Crippen molar-refractivity contribution in [3.8, 4) is 0 Å². The second kappa shape index (κ2) is 7.46. The number of rotatable bonds is 5. The van der Waals surface area contributed by atoms with E-state index >= 15 is 0 Å². The minimum absolute atomic E-state index is 0.241. The van der Waals surface area contributed by atoms with Gasteiger partial charge < -0.3 is 15.5 Å². The molecule has 1 amide bonds. The molecule has 1 aliphatic rings. The number of hydrogen-bond acceptors (Lipinski definition) is 3. The number of carbonyl (C=O) groups is 1. The van der Waals surface area contributed by atoms with E-state index in [1.165, 1.54) is 18.4 Å². The van der Waals surface area contributed by atoms with Gasteiger partial charge >= 0.3 is 0 Å². The van der Waals surface area contributed by atoms with Gasteiger partial charge in [-0.3, -0.25) is 4.79 Å². The number of likely N-dealkylation sites (tertiary alicyclic amines) is 1. The number of amides is 1. The molecular weight excluding hydrogens is 262 g/mol. The van der Waals surface area contributed by atoms with Crippen molar-refractivity contribution in [1.82, 2.24) is 9.80 Å². The van der Waals surface area contributed by atoms with E-state index < -0.39 is 0 Å². The Morgan fingerprint density at radius 2 is 1.90 bits per heavy atom. The molecule has 0 unspecified atom stereocenters. The van der Waals surface area contributed by atoms with Gasteiger partial charge in [0.2, 0.25) is 5.91 Å². The molecule has 0 spiro atoms. The first-order chi connectivity index (χ1) is 10.0. The summed E-state index contributed by atoms with van der Waals surface area (Å²) < 4.78 is 0. The number of hydrogen-bond donors (Lipinski definition) is 1. The summed E-state index contributed by atoms with van der Waals surface area (Å²) in [5.41, 5.74) is 7.61. The average molecular weight is 289 g/mol. The van der Waals surface area contributed by atoms with Crippen molar-refractivity contribution < 1.29 is 4.79 Å². The zero-order valence-corrected chi connectivity index (χ0v) is 13.2. The van der Waals surface area contributed by atoms with Crippen molar-refractivity contribution in [2.45, 2.75) is 25.7 Å². The summed E-state index contributed by atoms with van der Waals surface area (Å²) in [6.45, 7) is 3.20. The quantitative estimate of drug-likeness (QED) is 0.844. The first kappa shape index (κ1) is 15.8. The molecule has 0 saturated carbocycles. The Bertz CT molecular complexity index is 450. The molecule has 0 bridgehead atoms. The van der Waals surface area contributed by atoms with Crippen LogP contribution in [0.4, 0.5) is 5.69 Å². The molecule has 4 heteroatoms. The Morgan fingerprint density at radius 1 is 1.29 bits per heavy atom. The van der Waals surface area contributed by atoms with E-state index in [9.17, 15) is 4.79 Å². The lowest BCUT2D eigenvalue weighted by Gasteiger charge is -2.31. The summed E-state index contributed by atoms with van der Waals surface area (Å²) in [6, 6.07) is 7.78. The molecule has 1 aromatic rings. The molecule has 1 aromatic carbocycles.